The zero-order valence-corrected chi connectivity index (χ0v) is 17.0. The number of nitrogens with zero attached hydrogens (tertiary/aromatic N) is 4. The van der Waals surface area contributed by atoms with Gasteiger partial charge in [0.05, 0.1) is 22.7 Å². The van der Waals surface area contributed by atoms with Gasteiger partial charge in [0.1, 0.15) is 23.3 Å². The average Bonchev–Trinajstić information content (AvgIpc) is 3.36. The number of rotatable bonds is 6. The molecule has 4 rings (SSSR count). The van der Waals surface area contributed by atoms with Crippen molar-refractivity contribution in [2.45, 2.75) is 25.8 Å². The first kappa shape index (κ1) is 20.6. The molecule has 0 bridgehead atoms. The van der Waals surface area contributed by atoms with Gasteiger partial charge in [-0.15, -0.1) is 21.5 Å². The van der Waals surface area contributed by atoms with Crippen LogP contribution in [0, 0.1) is 23.0 Å². The van der Waals surface area contributed by atoms with Gasteiger partial charge in [-0.1, -0.05) is 18.2 Å². The number of nitriles is 1. The number of carbonyl (C=O) groups excluding carboxylic acids is 1. The average molecular weight is 439 g/mol. The molecule has 10 heteroatoms. The monoisotopic (exact) mass is 439 g/mol. The fourth-order valence-electron chi connectivity index (χ4n) is 2.99. The Hall–Kier alpha value is -3.71. The summed E-state index contributed by atoms with van der Waals surface area (Å²) < 4.78 is 34.9. The van der Waals surface area contributed by atoms with Crippen LogP contribution in [0.1, 0.15) is 23.7 Å². The molecule has 2 aromatic heterocycles. The third kappa shape index (κ3) is 4.41. The number of amides is 1. The van der Waals surface area contributed by atoms with E-state index in [4.69, 9.17) is 9.68 Å². The van der Waals surface area contributed by atoms with Crippen LogP contribution in [0.2, 0.25) is 0 Å². The quantitative estimate of drug-likeness (QED) is 0.490. The lowest BCUT2D eigenvalue weighted by Gasteiger charge is -2.04. The second kappa shape index (κ2) is 8.57. The molecule has 0 radical (unpaired) electrons. The molecular formula is C21H15F2N5O2S. The molecule has 7 nitrogen and oxygen atoms in total. The molecule has 0 aliphatic heterocycles. The van der Waals surface area contributed by atoms with Gasteiger partial charge in [-0.05, 0) is 25.1 Å². The number of halogens is 2. The van der Waals surface area contributed by atoms with E-state index in [1.807, 2.05) is 6.07 Å². The van der Waals surface area contributed by atoms with E-state index in [-0.39, 0.29) is 35.7 Å². The number of thiazole rings is 1. The van der Waals surface area contributed by atoms with E-state index in [0.29, 0.717) is 15.2 Å². The number of hydrogen-bond donors (Lipinski definition) is 1. The van der Waals surface area contributed by atoms with Crippen LogP contribution >= 0.6 is 11.3 Å². The molecule has 0 aliphatic carbocycles. The largest absolute Gasteiger partial charge is 0.424 e. The number of benzene rings is 2. The van der Waals surface area contributed by atoms with E-state index < -0.39 is 23.6 Å². The van der Waals surface area contributed by atoms with Gasteiger partial charge in [0.2, 0.25) is 17.7 Å². The van der Waals surface area contributed by atoms with Gasteiger partial charge in [-0.25, -0.2) is 13.8 Å². The third-order valence-corrected chi connectivity index (χ3v) is 5.46. The summed E-state index contributed by atoms with van der Waals surface area (Å²) in [5.74, 6) is -1.12. The molecule has 2 aromatic carbocycles. The van der Waals surface area contributed by atoms with Crippen LogP contribution in [0.3, 0.4) is 0 Å². The van der Waals surface area contributed by atoms with Crippen molar-refractivity contribution in [1.82, 2.24) is 20.5 Å². The molecule has 4 aromatic rings. The Bertz CT molecular complexity index is 1310. The molecule has 1 unspecified atom stereocenters. The summed E-state index contributed by atoms with van der Waals surface area (Å²) >= 11 is 1.12. The number of carbonyl (C=O) groups is 1. The van der Waals surface area contributed by atoms with E-state index in [2.05, 4.69) is 20.5 Å². The summed E-state index contributed by atoms with van der Waals surface area (Å²) in [6.07, 6.45) is 0.0104. The van der Waals surface area contributed by atoms with Gasteiger partial charge in [0.15, 0.2) is 5.82 Å². The molecule has 0 fully saturated rings. The highest BCUT2D eigenvalue weighted by atomic mass is 32.1. The summed E-state index contributed by atoms with van der Waals surface area (Å²) in [5, 5.41) is 19.5. The van der Waals surface area contributed by atoms with Crippen LogP contribution in [-0.4, -0.2) is 27.1 Å². The predicted molar refractivity (Wildman–Crippen MR) is 109 cm³/mol. The van der Waals surface area contributed by atoms with Crippen molar-refractivity contribution in [3.8, 4) is 17.2 Å². The van der Waals surface area contributed by atoms with Crippen molar-refractivity contribution in [1.29, 1.82) is 5.26 Å². The molecule has 0 spiro atoms. The summed E-state index contributed by atoms with van der Waals surface area (Å²) in [4.78, 5) is 16.2. The van der Waals surface area contributed by atoms with Gasteiger partial charge in [0.25, 0.3) is 0 Å². The van der Waals surface area contributed by atoms with Crippen molar-refractivity contribution in [3.63, 3.8) is 0 Å². The molecule has 0 saturated carbocycles. The van der Waals surface area contributed by atoms with Crippen molar-refractivity contribution in [2.24, 2.45) is 0 Å². The van der Waals surface area contributed by atoms with Crippen molar-refractivity contribution in [3.05, 3.63) is 64.8 Å². The molecule has 1 amide bonds. The first-order valence-corrected chi connectivity index (χ1v) is 10.1. The van der Waals surface area contributed by atoms with E-state index in [0.717, 1.165) is 11.3 Å². The molecular weight excluding hydrogens is 424 g/mol. The Morgan fingerprint density at radius 1 is 1.19 bits per heavy atom. The van der Waals surface area contributed by atoms with Crippen LogP contribution in [0.4, 0.5) is 8.78 Å². The Kier molecular flexibility index (Phi) is 5.68. The van der Waals surface area contributed by atoms with Crippen LogP contribution in [0.25, 0.3) is 21.3 Å². The number of hydrogen-bond acceptors (Lipinski definition) is 7. The third-order valence-electron chi connectivity index (χ3n) is 4.40. The van der Waals surface area contributed by atoms with Gasteiger partial charge < -0.3 is 9.73 Å². The maximum absolute atomic E-state index is 15.1. The predicted octanol–water partition coefficient (Wildman–Crippen LogP) is 3.79. The Morgan fingerprint density at radius 3 is 2.74 bits per heavy atom. The van der Waals surface area contributed by atoms with E-state index >= 15 is 4.39 Å². The normalized spacial score (nSPS) is 11.9. The Morgan fingerprint density at radius 2 is 1.97 bits per heavy atom. The maximum atomic E-state index is 15.1. The Balaban J connectivity index is 1.53. The molecule has 2 heterocycles. The fraction of sp³-hybridized carbons (Fsp3) is 0.190. The molecule has 0 saturated heterocycles. The van der Waals surface area contributed by atoms with Crippen LogP contribution in [-0.2, 0) is 17.6 Å². The first-order chi connectivity index (χ1) is 14.9. The second-order valence-corrected chi connectivity index (χ2v) is 7.81. The number of fused-ring (bicyclic) bond motifs is 1. The van der Waals surface area contributed by atoms with Crippen LogP contribution < -0.4 is 5.32 Å². The van der Waals surface area contributed by atoms with E-state index in [9.17, 15) is 9.18 Å². The van der Waals surface area contributed by atoms with Gasteiger partial charge >= 0.3 is 0 Å². The number of nitrogens with one attached hydrogen (secondary N) is 1. The van der Waals surface area contributed by atoms with Crippen LogP contribution in [0.5, 0.6) is 0 Å². The summed E-state index contributed by atoms with van der Waals surface area (Å²) in [6, 6.07) is 10.4. The highest BCUT2D eigenvalue weighted by molar-refractivity contribution is 7.18. The lowest BCUT2D eigenvalue weighted by molar-refractivity contribution is -0.121. The second-order valence-electron chi connectivity index (χ2n) is 6.72. The SMILES string of the molecule is CC(C#N)NC(=O)Cc1nnc(Cc2nc3ccc(-c4ccccc4F)c(F)c3s2)o1. The van der Waals surface area contributed by atoms with Crippen molar-refractivity contribution >= 4 is 27.5 Å². The molecule has 156 valence electrons. The minimum absolute atomic E-state index is 0.103. The zero-order chi connectivity index (χ0) is 22.0. The zero-order valence-electron chi connectivity index (χ0n) is 16.2. The van der Waals surface area contributed by atoms with Crippen molar-refractivity contribution < 1.29 is 18.0 Å². The van der Waals surface area contributed by atoms with E-state index in [1.54, 1.807) is 25.1 Å². The highest BCUT2D eigenvalue weighted by Gasteiger charge is 2.18. The lowest BCUT2D eigenvalue weighted by atomic mass is 10.0. The van der Waals surface area contributed by atoms with Crippen molar-refractivity contribution in [2.75, 3.05) is 0 Å². The molecule has 31 heavy (non-hydrogen) atoms. The molecule has 0 aliphatic rings. The maximum Gasteiger partial charge on any atom is 0.230 e. The molecule has 1 N–H and O–H groups in total. The summed E-state index contributed by atoms with van der Waals surface area (Å²) in [5.41, 5.74) is 0.795. The summed E-state index contributed by atoms with van der Waals surface area (Å²) in [7, 11) is 0. The smallest absolute Gasteiger partial charge is 0.230 e. The topological polar surface area (TPSA) is 105 Å². The lowest BCUT2D eigenvalue weighted by Crippen LogP contribution is -2.32. The van der Waals surface area contributed by atoms with Gasteiger partial charge in [-0.3, -0.25) is 4.79 Å². The van der Waals surface area contributed by atoms with Gasteiger partial charge in [0, 0.05) is 11.1 Å². The Labute approximate surface area is 179 Å². The van der Waals surface area contributed by atoms with E-state index in [1.165, 1.54) is 18.2 Å². The highest BCUT2D eigenvalue weighted by Crippen LogP contribution is 2.34. The standard InChI is InChI=1S/C21H15F2N5O2S/c1-11(10-24)25-16(29)8-17-27-28-18(30-17)9-19-26-15-7-6-13(20(23)21(15)31-19)12-4-2-3-5-14(12)22/h2-7,11H,8-9H2,1H3,(H,25,29). The number of aromatic nitrogens is 3. The summed E-state index contributed by atoms with van der Waals surface area (Å²) in [6.45, 7) is 1.56. The first-order valence-electron chi connectivity index (χ1n) is 9.27. The fourth-order valence-corrected chi connectivity index (χ4v) is 3.99. The van der Waals surface area contributed by atoms with Gasteiger partial charge in [-0.2, -0.15) is 5.26 Å². The van der Waals surface area contributed by atoms with Crippen LogP contribution in [0.15, 0.2) is 40.8 Å². The molecule has 1 atom stereocenters. The minimum Gasteiger partial charge on any atom is -0.424 e. The minimum atomic E-state index is -0.623.